The van der Waals surface area contributed by atoms with E-state index in [4.69, 9.17) is 12.2 Å². The van der Waals surface area contributed by atoms with E-state index in [1.165, 1.54) is 19.2 Å². The highest BCUT2D eigenvalue weighted by Crippen LogP contribution is 2.26. The Labute approximate surface area is 104 Å². The Morgan fingerprint density at radius 1 is 1.56 bits per heavy atom. The number of rotatable bonds is 4. The Hall–Kier alpha value is -2.11. The van der Waals surface area contributed by atoms with Gasteiger partial charge in [0.25, 0.3) is 5.69 Å². The predicted molar refractivity (Wildman–Crippen MR) is 66.2 cm³/mol. The predicted octanol–water partition coefficient (Wildman–Crippen LogP) is 0.431. The molecule has 0 bridgehead atoms. The Bertz CT molecular complexity index is 619. The number of hydrogen-bond acceptors (Lipinski definition) is 5. The highest BCUT2D eigenvalue weighted by molar-refractivity contribution is 7.89. The van der Waals surface area contributed by atoms with Crippen LogP contribution >= 0.6 is 0 Å². The molecule has 0 aromatic heterocycles. The molecule has 1 aromatic carbocycles. The van der Waals surface area contributed by atoms with Crippen molar-refractivity contribution in [3.05, 3.63) is 28.3 Å². The highest BCUT2D eigenvalue weighted by Gasteiger charge is 2.23. The van der Waals surface area contributed by atoms with Crippen molar-refractivity contribution in [2.24, 2.45) is 0 Å². The number of nitrogen functional groups attached to an aromatic ring is 1. The van der Waals surface area contributed by atoms with Gasteiger partial charge in [-0.15, -0.1) is 6.42 Å². The van der Waals surface area contributed by atoms with Gasteiger partial charge in [0.1, 0.15) is 5.69 Å². The molecule has 0 saturated carbocycles. The number of nitrogens with zero attached hydrogens (tertiary/aromatic N) is 2. The van der Waals surface area contributed by atoms with E-state index >= 15 is 0 Å². The summed E-state index contributed by atoms with van der Waals surface area (Å²) < 4.78 is 24.9. The first-order valence-electron chi connectivity index (χ1n) is 4.74. The minimum atomic E-state index is -3.84. The molecule has 8 heteroatoms. The molecule has 0 fully saturated rings. The smallest absolute Gasteiger partial charge is 0.293 e. The van der Waals surface area contributed by atoms with Crippen molar-refractivity contribution in [2.45, 2.75) is 4.90 Å². The molecule has 0 saturated heterocycles. The number of anilines is 1. The quantitative estimate of drug-likeness (QED) is 0.369. The van der Waals surface area contributed by atoms with Crippen molar-refractivity contribution in [3.63, 3.8) is 0 Å². The van der Waals surface area contributed by atoms with Gasteiger partial charge in [-0.1, -0.05) is 5.92 Å². The van der Waals surface area contributed by atoms with Crippen molar-refractivity contribution in [2.75, 3.05) is 19.3 Å². The molecular weight excluding hydrogens is 258 g/mol. The third kappa shape index (κ3) is 2.58. The third-order valence-electron chi connectivity index (χ3n) is 2.22. The van der Waals surface area contributed by atoms with Crippen LogP contribution in [0, 0.1) is 22.5 Å². The van der Waals surface area contributed by atoms with E-state index < -0.39 is 20.6 Å². The number of terminal acetylenes is 1. The maximum Gasteiger partial charge on any atom is 0.293 e. The van der Waals surface area contributed by atoms with Crippen LogP contribution in [-0.4, -0.2) is 31.2 Å². The van der Waals surface area contributed by atoms with Crippen LogP contribution in [0.25, 0.3) is 0 Å². The van der Waals surface area contributed by atoms with Gasteiger partial charge in [0.15, 0.2) is 0 Å². The van der Waals surface area contributed by atoms with Crippen LogP contribution in [0.4, 0.5) is 11.4 Å². The second-order valence-electron chi connectivity index (χ2n) is 3.44. The van der Waals surface area contributed by atoms with Crippen LogP contribution in [0.5, 0.6) is 0 Å². The molecule has 2 N–H and O–H groups in total. The van der Waals surface area contributed by atoms with Crippen molar-refractivity contribution in [1.82, 2.24) is 4.31 Å². The molecule has 0 radical (unpaired) electrons. The number of nitro groups is 1. The average molecular weight is 269 g/mol. The molecule has 0 amide bonds. The maximum absolute atomic E-state index is 12.0. The Balaban J connectivity index is 3.31. The van der Waals surface area contributed by atoms with Crippen LogP contribution in [0.1, 0.15) is 0 Å². The minimum absolute atomic E-state index is 0.0986. The third-order valence-corrected chi connectivity index (χ3v) is 4.02. The molecule has 0 unspecified atom stereocenters. The second-order valence-corrected chi connectivity index (χ2v) is 5.49. The summed E-state index contributed by atoms with van der Waals surface area (Å²) in [6, 6.07) is 3.29. The zero-order valence-corrected chi connectivity index (χ0v) is 10.3. The van der Waals surface area contributed by atoms with Gasteiger partial charge in [-0.25, -0.2) is 8.42 Å². The maximum atomic E-state index is 12.0. The molecule has 1 rings (SSSR count). The topological polar surface area (TPSA) is 107 Å². The molecular formula is C10H11N3O4S. The summed E-state index contributed by atoms with van der Waals surface area (Å²) in [5, 5.41) is 10.7. The Kier molecular flexibility index (Phi) is 3.90. The average Bonchev–Trinajstić information content (AvgIpc) is 2.29. The molecule has 0 atom stereocenters. The lowest BCUT2D eigenvalue weighted by Crippen LogP contribution is -2.27. The Morgan fingerprint density at radius 2 is 2.17 bits per heavy atom. The number of hydrogen-bond donors (Lipinski definition) is 1. The minimum Gasteiger partial charge on any atom is -0.393 e. The van der Waals surface area contributed by atoms with Crippen LogP contribution in [0.15, 0.2) is 23.1 Å². The number of benzene rings is 1. The van der Waals surface area contributed by atoms with E-state index in [-0.39, 0.29) is 17.1 Å². The molecule has 0 aliphatic carbocycles. The van der Waals surface area contributed by atoms with E-state index in [1.54, 1.807) is 0 Å². The van der Waals surface area contributed by atoms with Crippen LogP contribution in [0.3, 0.4) is 0 Å². The zero-order chi connectivity index (χ0) is 13.9. The van der Waals surface area contributed by atoms with E-state index in [2.05, 4.69) is 5.92 Å². The van der Waals surface area contributed by atoms with Gasteiger partial charge in [-0.3, -0.25) is 10.1 Å². The van der Waals surface area contributed by atoms with Crippen LogP contribution in [-0.2, 0) is 10.0 Å². The number of nitro benzene ring substituents is 1. The SMILES string of the molecule is C#CCN(C)S(=O)(=O)c1ccc(N)c([N+](=O)[O-])c1. The summed E-state index contributed by atoms with van der Waals surface area (Å²) in [4.78, 5) is 9.72. The monoisotopic (exact) mass is 269 g/mol. The molecule has 0 aliphatic rings. The standard InChI is InChI=1S/C10H11N3O4S/c1-3-6-12(2)18(16,17)8-4-5-9(11)10(7-8)13(14)15/h1,4-5,7H,6,11H2,2H3. The molecule has 7 nitrogen and oxygen atoms in total. The zero-order valence-electron chi connectivity index (χ0n) is 9.53. The lowest BCUT2D eigenvalue weighted by atomic mass is 10.3. The lowest BCUT2D eigenvalue weighted by molar-refractivity contribution is -0.384. The summed E-state index contributed by atoms with van der Waals surface area (Å²) in [5.74, 6) is 2.18. The van der Waals surface area contributed by atoms with Crippen LogP contribution in [0.2, 0.25) is 0 Å². The van der Waals surface area contributed by atoms with E-state index in [1.807, 2.05) is 0 Å². The second kappa shape index (κ2) is 5.03. The first kappa shape index (κ1) is 14.0. The normalized spacial score (nSPS) is 11.2. The van der Waals surface area contributed by atoms with Gasteiger partial charge < -0.3 is 5.73 Å². The fraction of sp³-hybridized carbons (Fsp3) is 0.200. The largest absolute Gasteiger partial charge is 0.393 e. The van der Waals surface area contributed by atoms with Crippen molar-refractivity contribution in [3.8, 4) is 12.3 Å². The highest BCUT2D eigenvalue weighted by atomic mass is 32.2. The first-order valence-corrected chi connectivity index (χ1v) is 6.18. The van der Waals surface area contributed by atoms with Crippen molar-refractivity contribution in [1.29, 1.82) is 0 Å². The molecule has 0 spiro atoms. The summed E-state index contributed by atoms with van der Waals surface area (Å²) in [6.45, 7) is -0.124. The summed E-state index contributed by atoms with van der Waals surface area (Å²) in [6.07, 6.45) is 5.02. The first-order chi connectivity index (χ1) is 8.30. The summed E-state index contributed by atoms with van der Waals surface area (Å²) in [7, 11) is -2.55. The van der Waals surface area contributed by atoms with Crippen molar-refractivity contribution < 1.29 is 13.3 Å². The summed E-state index contributed by atoms with van der Waals surface area (Å²) in [5.41, 5.74) is 4.83. The van der Waals surface area contributed by atoms with Gasteiger partial charge in [0.05, 0.1) is 16.4 Å². The fourth-order valence-corrected chi connectivity index (χ4v) is 2.34. The molecule has 18 heavy (non-hydrogen) atoms. The molecule has 0 heterocycles. The lowest BCUT2D eigenvalue weighted by Gasteiger charge is -2.14. The van der Waals surface area contributed by atoms with Crippen molar-refractivity contribution >= 4 is 21.4 Å². The number of sulfonamides is 1. The number of nitrogens with two attached hydrogens (primary N) is 1. The van der Waals surface area contributed by atoms with Crippen LogP contribution < -0.4 is 5.73 Å². The van der Waals surface area contributed by atoms with E-state index in [0.717, 1.165) is 10.4 Å². The van der Waals surface area contributed by atoms with Gasteiger partial charge in [0.2, 0.25) is 10.0 Å². The van der Waals surface area contributed by atoms with Gasteiger partial charge in [-0.2, -0.15) is 4.31 Å². The van der Waals surface area contributed by atoms with E-state index in [0.29, 0.717) is 0 Å². The van der Waals surface area contributed by atoms with Gasteiger partial charge in [0, 0.05) is 13.1 Å². The molecule has 0 aliphatic heterocycles. The van der Waals surface area contributed by atoms with E-state index in [9.17, 15) is 18.5 Å². The molecule has 96 valence electrons. The summed E-state index contributed by atoms with van der Waals surface area (Å²) >= 11 is 0. The van der Waals surface area contributed by atoms with Gasteiger partial charge in [-0.05, 0) is 12.1 Å². The Morgan fingerprint density at radius 3 is 2.67 bits per heavy atom. The van der Waals surface area contributed by atoms with Gasteiger partial charge >= 0.3 is 0 Å². The molecule has 1 aromatic rings. The fourth-order valence-electron chi connectivity index (χ4n) is 1.24.